The molecule has 1 aliphatic carbocycles. The van der Waals surface area contributed by atoms with Crippen LogP contribution in [-0.4, -0.2) is 12.1 Å². The van der Waals surface area contributed by atoms with Crippen LogP contribution in [0.3, 0.4) is 0 Å². The van der Waals surface area contributed by atoms with Crippen LogP contribution in [0.25, 0.3) is 0 Å². The molecular formula is C16H24BrN. The Morgan fingerprint density at radius 2 is 2.00 bits per heavy atom. The molecule has 2 heteroatoms. The molecule has 1 fully saturated rings. The van der Waals surface area contributed by atoms with Crippen LogP contribution in [0.1, 0.15) is 45.6 Å². The summed E-state index contributed by atoms with van der Waals surface area (Å²) in [5, 5.41) is 3.82. The third kappa shape index (κ3) is 3.58. The molecule has 0 bridgehead atoms. The molecule has 2 atom stereocenters. The van der Waals surface area contributed by atoms with Gasteiger partial charge in [0.1, 0.15) is 0 Å². The number of hydrogen-bond acceptors (Lipinski definition) is 1. The molecule has 100 valence electrons. The van der Waals surface area contributed by atoms with Crippen LogP contribution in [0.5, 0.6) is 0 Å². The Kier molecular flexibility index (Phi) is 4.50. The van der Waals surface area contributed by atoms with E-state index in [4.69, 9.17) is 0 Å². The van der Waals surface area contributed by atoms with E-state index >= 15 is 0 Å². The Labute approximate surface area is 119 Å². The third-order valence-electron chi connectivity index (χ3n) is 4.20. The lowest BCUT2D eigenvalue weighted by Gasteiger charge is -2.31. The van der Waals surface area contributed by atoms with Crippen LogP contribution in [0.4, 0.5) is 0 Å². The molecule has 0 amide bonds. The zero-order valence-electron chi connectivity index (χ0n) is 11.7. The fourth-order valence-corrected chi connectivity index (χ4v) is 3.28. The molecule has 1 nitrogen and oxygen atoms in total. The Bertz CT molecular complexity index is 383. The Balaban J connectivity index is 1.89. The van der Waals surface area contributed by atoms with Crippen molar-refractivity contribution in [3.8, 4) is 0 Å². The largest absolute Gasteiger partial charge is 0.311 e. The van der Waals surface area contributed by atoms with Gasteiger partial charge in [-0.3, -0.25) is 0 Å². The zero-order valence-corrected chi connectivity index (χ0v) is 13.3. The number of nitrogens with one attached hydrogen (secondary N) is 1. The van der Waals surface area contributed by atoms with Crippen LogP contribution in [-0.2, 0) is 6.42 Å². The van der Waals surface area contributed by atoms with Crippen molar-refractivity contribution in [3.05, 3.63) is 34.3 Å². The van der Waals surface area contributed by atoms with Gasteiger partial charge in [0.25, 0.3) is 0 Å². The molecule has 0 aliphatic heterocycles. The van der Waals surface area contributed by atoms with E-state index in [2.05, 4.69) is 66.3 Å². The summed E-state index contributed by atoms with van der Waals surface area (Å²) in [4.78, 5) is 0. The van der Waals surface area contributed by atoms with Crippen molar-refractivity contribution in [3.63, 3.8) is 0 Å². The maximum absolute atomic E-state index is 3.82. The highest BCUT2D eigenvalue weighted by atomic mass is 79.9. The molecular weight excluding hydrogens is 286 g/mol. The Morgan fingerprint density at radius 1 is 1.33 bits per heavy atom. The minimum absolute atomic E-state index is 0.466. The topological polar surface area (TPSA) is 12.0 Å². The molecule has 18 heavy (non-hydrogen) atoms. The van der Waals surface area contributed by atoms with Gasteiger partial charge in [0.05, 0.1) is 0 Å². The smallest absolute Gasteiger partial charge is 0.0175 e. The van der Waals surface area contributed by atoms with Gasteiger partial charge in [-0.25, -0.2) is 0 Å². The highest BCUT2D eigenvalue weighted by Crippen LogP contribution is 2.37. The van der Waals surface area contributed by atoms with Crippen molar-refractivity contribution >= 4 is 15.9 Å². The van der Waals surface area contributed by atoms with Crippen LogP contribution >= 0.6 is 15.9 Å². The average molecular weight is 310 g/mol. The summed E-state index contributed by atoms with van der Waals surface area (Å²) >= 11 is 3.48. The van der Waals surface area contributed by atoms with Crippen molar-refractivity contribution in [2.45, 2.75) is 58.5 Å². The first-order valence-corrected chi connectivity index (χ1v) is 7.77. The number of rotatable bonds is 4. The summed E-state index contributed by atoms with van der Waals surface area (Å²) in [5.41, 5.74) is 1.88. The summed E-state index contributed by atoms with van der Waals surface area (Å²) in [7, 11) is 0. The molecule has 1 aromatic carbocycles. The summed E-state index contributed by atoms with van der Waals surface area (Å²) in [6, 6.07) is 9.91. The lowest BCUT2D eigenvalue weighted by atomic mass is 9.87. The summed E-state index contributed by atoms with van der Waals surface area (Å²) < 4.78 is 1.16. The van der Waals surface area contributed by atoms with Crippen molar-refractivity contribution in [1.82, 2.24) is 5.32 Å². The van der Waals surface area contributed by atoms with E-state index < -0.39 is 0 Å². The summed E-state index contributed by atoms with van der Waals surface area (Å²) in [5.74, 6) is 0. The van der Waals surface area contributed by atoms with Gasteiger partial charge in [0, 0.05) is 16.6 Å². The second-order valence-electron chi connectivity index (χ2n) is 6.33. The number of benzene rings is 1. The van der Waals surface area contributed by atoms with Gasteiger partial charge in [0.2, 0.25) is 0 Å². The van der Waals surface area contributed by atoms with Crippen LogP contribution < -0.4 is 5.32 Å². The first-order valence-electron chi connectivity index (χ1n) is 6.98. The number of halogens is 1. The van der Waals surface area contributed by atoms with Gasteiger partial charge in [-0.05, 0) is 49.3 Å². The molecule has 2 rings (SSSR count). The fourth-order valence-electron chi connectivity index (χ4n) is 3.01. The Morgan fingerprint density at radius 3 is 2.56 bits per heavy atom. The highest BCUT2D eigenvalue weighted by molar-refractivity contribution is 9.10. The lowest BCUT2D eigenvalue weighted by molar-refractivity contribution is 0.265. The van der Waals surface area contributed by atoms with Gasteiger partial charge in [-0.1, -0.05) is 48.3 Å². The molecule has 1 aromatic rings. The zero-order chi connectivity index (χ0) is 13.2. The highest BCUT2D eigenvalue weighted by Gasteiger charge is 2.34. The predicted octanol–water partition coefficient (Wildman–Crippen LogP) is 4.55. The first kappa shape index (κ1) is 14.1. The van der Waals surface area contributed by atoms with Crippen LogP contribution in [0.15, 0.2) is 28.7 Å². The number of hydrogen-bond donors (Lipinski definition) is 1. The molecule has 0 saturated heterocycles. The fraction of sp³-hybridized carbons (Fsp3) is 0.625. The predicted molar refractivity (Wildman–Crippen MR) is 81.9 cm³/mol. The maximum Gasteiger partial charge on any atom is 0.0175 e. The average Bonchev–Trinajstić information content (AvgIpc) is 2.62. The molecule has 0 radical (unpaired) electrons. The van der Waals surface area contributed by atoms with Crippen molar-refractivity contribution in [2.75, 3.05) is 0 Å². The van der Waals surface area contributed by atoms with E-state index in [0.29, 0.717) is 17.5 Å². The van der Waals surface area contributed by atoms with Gasteiger partial charge >= 0.3 is 0 Å². The molecule has 0 heterocycles. The quantitative estimate of drug-likeness (QED) is 0.860. The van der Waals surface area contributed by atoms with Crippen LogP contribution in [0.2, 0.25) is 0 Å². The van der Waals surface area contributed by atoms with E-state index in [1.807, 2.05) is 0 Å². The van der Waals surface area contributed by atoms with E-state index in [1.54, 1.807) is 0 Å². The molecule has 0 aromatic heterocycles. The summed E-state index contributed by atoms with van der Waals surface area (Å²) in [6.07, 6.45) is 5.17. The minimum Gasteiger partial charge on any atom is -0.311 e. The second kappa shape index (κ2) is 5.75. The molecule has 0 spiro atoms. The standard InChI is InChI=1S/C16H24BrN/c1-12(11-13-6-8-14(17)9-7-13)18-15-5-4-10-16(15,2)3/h6-9,12,15,18H,4-5,10-11H2,1-3H3. The molecule has 1 N–H and O–H groups in total. The van der Waals surface area contributed by atoms with Crippen LogP contribution in [0, 0.1) is 5.41 Å². The van der Waals surface area contributed by atoms with Gasteiger partial charge in [-0.15, -0.1) is 0 Å². The molecule has 1 aliphatic rings. The normalized spacial score (nSPS) is 24.1. The monoisotopic (exact) mass is 309 g/mol. The summed E-state index contributed by atoms with van der Waals surface area (Å²) in [6.45, 7) is 7.09. The van der Waals surface area contributed by atoms with Gasteiger partial charge < -0.3 is 5.32 Å². The SMILES string of the molecule is CC(Cc1ccc(Br)cc1)NC1CCCC1(C)C. The molecule has 1 saturated carbocycles. The van der Waals surface area contributed by atoms with Gasteiger partial charge in [0.15, 0.2) is 0 Å². The van der Waals surface area contributed by atoms with E-state index in [-0.39, 0.29) is 0 Å². The van der Waals surface area contributed by atoms with Crippen molar-refractivity contribution < 1.29 is 0 Å². The lowest BCUT2D eigenvalue weighted by Crippen LogP contribution is -2.43. The van der Waals surface area contributed by atoms with Crippen molar-refractivity contribution in [1.29, 1.82) is 0 Å². The minimum atomic E-state index is 0.466. The first-order chi connectivity index (χ1) is 8.47. The van der Waals surface area contributed by atoms with Crippen molar-refractivity contribution in [2.24, 2.45) is 5.41 Å². The van der Waals surface area contributed by atoms with Gasteiger partial charge in [-0.2, -0.15) is 0 Å². The third-order valence-corrected chi connectivity index (χ3v) is 4.73. The molecule has 2 unspecified atom stereocenters. The van der Waals surface area contributed by atoms with E-state index in [9.17, 15) is 0 Å². The van der Waals surface area contributed by atoms with E-state index in [1.165, 1.54) is 24.8 Å². The second-order valence-corrected chi connectivity index (χ2v) is 7.25. The maximum atomic E-state index is 3.82. The Hall–Kier alpha value is -0.340. The van der Waals surface area contributed by atoms with E-state index in [0.717, 1.165) is 10.9 Å².